The van der Waals surface area contributed by atoms with Gasteiger partial charge in [-0.1, -0.05) is 42.5 Å². The maximum Gasteiger partial charge on any atom is 0.0781 e. The zero-order chi connectivity index (χ0) is 11.7. The van der Waals surface area contributed by atoms with Crippen LogP contribution in [-0.2, 0) is 4.74 Å². The van der Waals surface area contributed by atoms with Gasteiger partial charge in [0.2, 0.25) is 0 Å². The van der Waals surface area contributed by atoms with Gasteiger partial charge in [0, 0.05) is 18.6 Å². The molecule has 3 rings (SSSR count). The molecule has 0 aromatic heterocycles. The Morgan fingerprint density at radius 3 is 2.76 bits per heavy atom. The smallest absolute Gasteiger partial charge is 0.0781 e. The highest BCUT2D eigenvalue weighted by Gasteiger charge is 2.44. The molecular weight excluding hydrogens is 210 g/mol. The molecule has 2 heteroatoms. The Morgan fingerprint density at radius 2 is 2.06 bits per heavy atom. The summed E-state index contributed by atoms with van der Waals surface area (Å²) in [5.41, 5.74) is 1.40. The van der Waals surface area contributed by atoms with Crippen LogP contribution >= 0.6 is 0 Å². The molecule has 2 nitrogen and oxygen atoms in total. The van der Waals surface area contributed by atoms with Crippen molar-refractivity contribution >= 4 is 0 Å². The number of benzene rings is 1. The van der Waals surface area contributed by atoms with Crippen LogP contribution in [0.3, 0.4) is 0 Å². The SMILES string of the molecule is C[C@H](c1ccccc1)N1C[C@H]1[C@H]1CC=CCO1. The predicted molar refractivity (Wildman–Crippen MR) is 68.8 cm³/mol. The molecule has 2 aliphatic rings. The van der Waals surface area contributed by atoms with Crippen LogP contribution in [0.4, 0.5) is 0 Å². The minimum atomic E-state index is 0.408. The maximum absolute atomic E-state index is 5.79. The van der Waals surface area contributed by atoms with Gasteiger partial charge in [0.15, 0.2) is 0 Å². The lowest BCUT2D eigenvalue weighted by molar-refractivity contribution is 0.0547. The highest BCUT2D eigenvalue weighted by Crippen LogP contribution is 2.35. The molecule has 2 aliphatic heterocycles. The number of rotatable bonds is 3. The van der Waals surface area contributed by atoms with Crippen molar-refractivity contribution in [1.82, 2.24) is 4.90 Å². The summed E-state index contributed by atoms with van der Waals surface area (Å²) in [5.74, 6) is 0. The van der Waals surface area contributed by atoms with Crippen LogP contribution in [0.15, 0.2) is 42.5 Å². The zero-order valence-corrected chi connectivity index (χ0v) is 10.3. The normalized spacial score (nSPS) is 33.4. The van der Waals surface area contributed by atoms with E-state index < -0.39 is 0 Å². The summed E-state index contributed by atoms with van der Waals surface area (Å²) in [6.45, 7) is 4.25. The van der Waals surface area contributed by atoms with Gasteiger partial charge < -0.3 is 4.74 Å². The summed E-state index contributed by atoms with van der Waals surface area (Å²) in [5, 5.41) is 0. The molecule has 1 saturated heterocycles. The van der Waals surface area contributed by atoms with E-state index in [2.05, 4.69) is 54.3 Å². The van der Waals surface area contributed by atoms with Crippen LogP contribution in [-0.4, -0.2) is 30.2 Å². The molecule has 0 amide bonds. The van der Waals surface area contributed by atoms with Gasteiger partial charge in [-0.25, -0.2) is 0 Å². The van der Waals surface area contributed by atoms with Gasteiger partial charge in [-0.2, -0.15) is 0 Å². The quantitative estimate of drug-likeness (QED) is 0.583. The van der Waals surface area contributed by atoms with Gasteiger partial charge in [-0.15, -0.1) is 0 Å². The van der Waals surface area contributed by atoms with Crippen LogP contribution in [0.2, 0.25) is 0 Å². The van der Waals surface area contributed by atoms with Crippen LogP contribution in [0.25, 0.3) is 0 Å². The second-order valence-electron chi connectivity index (χ2n) is 4.93. The molecule has 1 aromatic rings. The highest BCUT2D eigenvalue weighted by molar-refractivity contribution is 5.21. The van der Waals surface area contributed by atoms with Crippen molar-refractivity contribution in [3.05, 3.63) is 48.0 Å². The van der Waals surface area contributed by atoms with Gasteiger partial charge in [0.05, 0.1) is 12.7 Å². The van der Waals surface area contributed by atoms with Crippen LogP contribution < -0.4 is 0 Å². The van der Waals surface area contributed by atoms with Crippen molar-refractivity contribution in [1.29, 1.82) is 0 Å². The first-order valence-electron chi connectivity index (χ1n) is 6.43. The Kier molecular flexibility index (Phi) is 3.00. The monoisotopic (exact) mass is 229 g/mol. The van der Waals surface area contributed by atoms with Gasteiger partial charge in [0.25, 0.3) is 0 Å². The van der Waals surface area contributed by atoms with E-state index in [0.29, 0.717) is 18.2 Å². The van der Waals surface area contributed by atoms with Crippen molar-refractivity contribution < 1.29 is 4.74 Å². The van der Waals surface area contributed by atoms with E-state index in [9.17, 15) is 0 Å². The summed E-state index contributed by atoms with van der Waals surface area (Å²) >= 11 is 0. The number of ether oxygens (including phenoxy) is 1. The van der Waals surface area contributed by atoms with E-state index in [1.807, 2.05) is 0 Å². The van der Waals surface area contributed by atoms with Crippen molar-refractivity contribution in [3.63, 3.8) is 0 Å². The molecule has 2 heterocycles. The standard InChI is InChI=1S/C15H19NO/c1-12(13-7-3-2-4-8-13)16-11-14(16)15-9-5-6-10-17-15/h2-8,12,14-15H,9-11H2,1H3/t12-,14+,15-,16?/m1/s1. The fourth-order valence-corrected chi connectivity index (χ4v) is 2.68. The van der Waals surface area contributed by atoms with Gasteiger partial charge in [-0.05, 0) is 18.9 Å². The van der Waals surface area contributed by atoms with Gasteiger partial charge in [-0.3, -0.25) is 4.90 Å². The molecule has 1 fully saturated rings. The molecule has 0 saturated carbocycles. The number of hydrogen-bond donors (Lipinski definition) is 0. The van der Waals surface area contributed by atoms with Crippen molar-refractivity contribution in [3.8, 4) is 0 Å². The lowest BCUT2D eigenvalue weighted by Gasteiger charge is -2.21. The minimum Gasteiger partial charge on any atom is -0.372 e. The summed E-state index contributed by atoms with van der Waals surface area (Å²) in [6, 6.07) is 11.9. The largest absolute Gasteiger partial charge is 0.372 e. The first-order valence-corrected chi connectivity index (χ1v) is 6.43. The molecular formula is C15H19NO. The Bertz CT molecular complexity index is 401. The third-order valence-corrected chi connectivity index (χ3v) is 3.84. The number of hydrogen-bond acceptors (Lipinski definition) is 2. The fourth-order valence-electron chi connectivity index (χ4n) is 2.68. The summed E-state index contributed by atoms with van der Waals surface area (Å²) in [4.78, 5) is 2.53. The lowest BCUT2D eigenvalue weighted by atomic mass is 10.1. The Labute approximate surface area is 103 Å². The molecule has 0 radical (unpaired) electrons. The van der Waals surface area contributed by atoms with Crippen LogP contribution in [0.5, 0.6) is 0 Å². The second-order valence-corrected chi connectivity index (χ2v) is 4.93. The first kappa shape index (κ1) is 11.0. The molecule has 4 atom stereocenters. The lowest BCUT2D eigenvalue weighted by Crippen LogP contribution is -2.25. The van der Waals surface area contributed by atoms with Crippen molar-refractivity contribution in [2.24, 2.45) is 0 Å². The molecule has 0 N–H and O–H groups in total. The van der Waals surface area contributed by atoms with Crippen LogP contribution in [0, 0.1) is 0 Å². The molecule has 1 unspecified atom stereocenters. The van der Waals surface area contributed by atoms with Gasteiger partial charge in [0.1, 0.15) is 0 Å². The molecule has 0 aliphatic carbocycles. The summed E-state index contributed by atoms with van der Waals surface area (Å²) in [7, 11) is 0. The average molecular weight is 229 g/mol. The molecule has 0 bridgehead atoms. The van der Waals surface area contributed by atoms with Crippen LogP contribution in [0.1, 0.15) is 24.9 Å². The molecule has 0 spiro atoms. The third-order valence-electron chi connectivity index (χ3n) is 3.84. The third kappa shape index (κ3) is 2.28. The van der Waals surface area contributed by atoms with E-state index in [1.54, 1.807) is 0 Å². The second kappa shape index (κ2) is 4.63. The number of nitrogens with zero attached hydrogens (tertiary/aromatic N) is 1. The highest BCUT2D eigenvalue weighted by atomic mass is 16.5. The Morgan fingerprint density at radius 1 is 1.24 bits per heavy atom. The predicted octanol–water partition coefficient (Wildman–Crippen LogP) is 2.78. The van der Waals surface area contributed by atoms with E-state index in [1.165, 1.54) is 12.1 Å². The summed E-state index contributed by atoms with van der Waals surface area (Å²) < 4.78 is 5.79. The zero-order valence-electron chi connectivity index (χ0n) is 10.3. The minimum absolute atomic E-state index is 0.408. The molecule has 1 aromatic carbocycles. The van der Waals surface area contributed by atoms with Crippen molar-refractivity contribution in [2.45, 2.75) is 31.5 Å². The fraction of sp³-hybridized carbons (Fsp3) is 0.467. The topological polar surface area (TPSA) is 12.2 Å². The Balaban J connectivity index is 1.62. The van der Waals surface area contributed by atoms with E-state index in [0.717, 1.165) is 13.0 Å². The first-order chi connectivity index (χ1) is 8.36. The van der Waals surface area contributed by atoms with Crippen molar-refractivity contribution in [2.75, 3.05) is 13.2 Å². The Hall–Kier alpha value is -1.12. The maximum atomic E-state index is 5.79. The molecule has 90 valence electrons. The van der Waals surface area contributed by atoms with E-state index in [-0.39, 0.29) is 0 Å². The van der Waals surface area contributed by atoms with E-state index in [4.69, 9.17) is 4.74 Å². The molecule has 17 heavy (non-hydrogen) atoms. The summed E-state index contributed by atoms with van der Waals surface area (Å²) in [6.07, 6.45) is 5.84. The average Bonchev–Trinajstić information content (AvgIpc) is 3.20. The van der Waals surface area contributed by atoms with E-state index >= 15 is 0 Å². The van der Waals surface area contributed by atoms with Gasteiger partial charge >= 0.3 is 0 Å².